The van der Waals surface area contributed by atoms with Crippen molar-refractivity contribution in [1.82, 2.24) is 0 Å². The summed E-state index contributed by atoms with van der Waals surface area (Å²) in [6.07, 6.45) is 0.824. The van der Waals surface area contributed by atoms with Crippen LogP contribution in [-0.2, 0) is 6.61 Å². The second-order valence-electron chi connectivity index (χ2n) is 3.41. The van der Waals surface area contributed by atoms with Crippen molar-refractivity contribution in [2.45, 2.75) is 6.61 Å². The quantitative estimate of drug-likeness (QED) is 0.762. The fourth-order valence-electron chi connectivity index (χ4n) is 1.35. The highest BCUT2D eigenvalue weighted by atomic mass is 32.1. The van der Waals surface area contributed by atoms with Crippen molar-refractivity contribution in [3.63, 3.8) is 0 Å². The Morgan fingerprint density at radius 3 is 2.53 bits per heavy atom. The summed E-state index contributed by atoms with van der Waals surface area (Å²) in [6, 6.07) is 11.2. The van der Waals surface area contributed by atoms with Crippen molar-refractivity contribution in [3.05, 3.63) is 46.8 Å². The third kappa shape index (κ3) is 3.07. The molecule has 0 aliphatic carbocycles. The number of thiophene rings is 1. The maximum atomic E-state index is 10.5. The Kier molecular flexibility index (Phi) is 3.77. The van der Waals surface area contributed by atoms with Gasteiger partial charge in [0.25, 0.3) is 0 Å². The molecule has 17 heavy (non-hydrogen) atoms. The lowest BCUT2D eigenvalue weighted by atomic mass is 10.2. The van der Waals surface area contributed by atoms with Crippen LogP contribution in [-0.4, -0.2) is 13.4 Å². The maximum absolute atomic E-state index is 10.5. The van der Waals surface area contributed by atoms with E-state index < -0.39 is 0 Å². The molecule has 0 radical (unpaired) electrons. The molecule has 0 atom stereocenters. The fourth-order valence-corrected chi connectivity index (χ4v) is 2.02. The molecule has 0 bridgehead atoms. The molecule has 0 saturated heterocycles. The van der Waals surface area contributed by atoms with Gasteiger partial charge in [-0.3, -0.25) is 4.79 Å². The minimum absolute atomic E-state index is 0.489. The van der Waals surface area contributed by atoms with Crippen LogP contribution in [0.5, 0.6) is 10.8 Å². The second-order valence-corrected chi connectivity index (χ2v) is 4.49. The van der Waals surface area contributed by atoms with Gasteiger partial charge in [0.1, 0.15) is 12.4 Å². The van der Waals surface area contributed by atoms with Gasteiger partial charge >= 0.3 is 0 Å². The minimum Gasteiger partial charge on any atom is -0.497 e. The molecule has 0 saturated carbocycles. The summed E-state index contributed by atoms with van der Waals surface area (Å²) < 4.78 is 10.6. The van der Waals surface area contributed by atoms with Crippen molar-refractivity contribution in [2.24, 2.45) is 0 Å². The highest BCUT2D eigenvalue weighted by molar-refractivity contribution is 7.15. The predicted molar refractivity (Wildman–Crippen MR) is 67.0 cm³/mol. The monoisotopic (exact) mass is 248 g/mol. The van der Waals surface area contributed by atoms with Crippen molar-refractivity contribution >= 4 is 17.6 Å². The fraction of sp³-hybridized carbons (Fsp3) is 0.154. The van der Waals surface area contributed by atoms with Crippen LogP contribution in [0.3, 0.4) is 0 Å². The number of carbonyl (C=O) groups excluding carboxylic acids is 1. The zero-order chi connectivity index (χ0) is 12.1. The van der Waals surface area contributed by atoms with E-state index in [1.807, 2.05) is 24.3 Å². The number of hydrogen-bond donors (Lipinski definition) is 0. The molecule has 0 unspecified atom stereocenters. The number of benzene rings is 1. The molecule has 3 nitrogen and oxygen atoms in total. The van der Waals surface area contributed by atoms with Gasteiger partial charge < -0.3 is 9.47 Å². The molecule has 2 aromatic rings. The van der Waals surface area contributed by atoms with Crippen molar-refractivity contribution < 1.29 is 14.3 Å². The largest absolute Gasteiger partial charge is 0.497 e. The lowest BCUT2D eigenvalue weighted by Crippen LogP contribution is -1.93. The van der Waals surface area contributed by atoms with Crippen LogP contribution >= 0.6 is 11.3 Å². The molecule has 0 aliphatic rings. The van der Waals surface area contributed by atoms with Gasteiger partial charge in [-0.25, -0.2) is 0 Å². The van der Waals surface area contributed by atoms with Crippen LogP contribution in [0.25, 0.3) is 0 Å². The van der Waals surface area contributed by atoms with Gasteiger partial charge in [-0.1, -0.05) is 23.5 Å². The lowest BCUT2D eigenvalue weighted by Gasteiger charge is -2.04. The number of aldehydes is 1. The van der Waals surface area contributed by atoms with Gasteiger partial charge in [0.15, 0.2) is 11.3 Å². The van der Waals surface area contributed by atoms with E-state index in [0.717, 1.165) is 22.7 Å². The Morgan fingerprint density at radius 2 is 1.94 bits per heavy atom. The average molecular weight is 248 g/mol. The van der Waals surface area contributed by atoms with Crippen LogP contribution in [0.4, 0.5) is 0 Å². The van der Waals surface area contributed by atoms with Crippen molar-refractivity contribution in [1.29, 1.82) is 0 Å². The summed E-state index contributed by atoms with van der Waals surface area (Å²) in [4.78, 5) is 11.2. The molecule has 0 aliphatic heterocycles. The topological polar surface area (TPSA) is 35.5 Å². The Morgan fingerprint density at radius 1 is 1.18 bits per heavy atom. The van der Waals surface area contributed by atoms with E-state index in [9.17, 15) is 4.79 Å². The Bertz CT molecular complexity index is 488. The summed E-state index contributed by atoms with van der Waals surface area (Å²) in [5.74, 6) is 0.827. The first-order valence-electron chi connectivity index (χ1n) is 5.12. The van der Waals surface area contributed by atoms with Gasteiger partial charge in [0.05, 0.1) is 12.0 Å². The molecule has 2 rings (SSSR count). The van der Waals surface area contributed by atoms with Gasteiger partial charge in [-0.05, 0) is 29.8 Å². The Balaban J connectivity index is 1.94. The van der Waals surface area contributed by atoms with E-state index >= 15 is 0 Å². The molecule has 0 fully saturated rings. The third-order valence-corrected chi connectivity index (χ3v) is 3.18. The third-order valence-electron chi connectivity index (χ3n) is 2.26. The first kappa shape index (κ1) is 11.7. The molecule has 4 heteroatoms. The zero-order valence-electron chi connectivity index (χ0n) is 9.38. The van der Waals surface area contributed by atoms with Crippen molar-refractivity contribution in [3.8, 4) is 10.8 Å². The molecule has 1 heterocycles. The van der Waals surface area contributed by atoms with Crippen LogP contribution in [0, 0.1) is 0 Å². The second kappa shape index (κ2) is 5.50. The molecule has 88 valence electrons. The highest BCUT2D eigenvalue weighted by Gasteiger charge is 2.00. The molecule has 0 amide bonds. The molecule has 0 spiro atoms. The van der Waals surface area contributed by atoms with E-state index in [4.69, 9.17) is 9.47 Å². The SMILES string of the molecule is COc1ccc(COc2ccc(C=O)s2)cc1. The van der Waals surface area contributed by atoms with Gasteiger partial charge in [0, 0.05) is 0 Å². The van der Waals surface area contributed by atoms with E-state index in [2.05, 4.69) is 0 Å². The molecule has 1 aromatic heterocycles. The van der Waals surface area contributed by atoms with E-state index in [-0.39, 0.29) is 0 Å². The van der Waals surface area contributed by atoms with Gasteiger partial charge in [-0.2, -0.15) is 0 Å². The lowest BCUT2D eigenvalue weighted by molar-refractivity contribution is 0.112. The number of hydrogen-bond acceptors (Lipinski definition) is 4. The maximum Gasteiger partial charge on any atom is 0.174 e. The van der Waals surface area contributed by atoms with Crippen LogP contribution in [0.2, 0.25) is 0 Å². The predicted octanol–water partition coefficient (Wildman–Crippen LogP) is 3.15. The number of methoxy groups -OCH3 is 1. The van der Waals surface area contributed by atoms with Gasteiger partial charge in [0.2, 0.25) is 0 Å². The van der Waals surface area contributed by atoms with Crippen LogP contribution in [0.15, 0.2) is 36.4 Å². The van der Waals surface area contributed by atoms with E-state index in [1.54, 1.807) is 19.2 Å². The van der Waals surface area contributed by atoms with Crippen LogP contribution < -0.4 is 9.47 Å². The standard InChI is InChI=1S/C13H12O3S/c1-15-11-4-2-10(3-5-11)9-16-13-7-6-12(8-14)17-13/h2-8H,9H2,1H3. The summed E-state index contributed by atoms with van der Waals surface area (Å²) in [6.45, 7) is 0.489. The summed E-state index contributed by atoms with van der Waals surface area (Å²) in [7, 11) is 1.64. The zero-order valence-corrected chi connectivity index (χ0v) is 10.2. The molecule has 1 aromatic carbocycles. The molecule has 0 N–H and O–H groups in total. The highest BCUT2D eigenvalue weighted by Crippen LogP contribution is 2.24. The summed E-state index contributed by atoms with van der Waals surface area (Å²) in [5, 5.41) is 0.753. The smallest absolute Gasteiger partial charge is 0.174 e. The number of ether oxygens (including phenoxy) is 2. The van der Waals surface area contributed by atoms with Gasteiger partial charge in [-0.15, -0.1) is 0 Å². The molecular weight excluding hydrogens is 236 g/mol. The Hall–Kier alpha value is -1.81. The van der Waals surface area contributed by atoms with E-state index in [0.29, 0.717) is 11.5 Å². The Labute approximate surface area is 104 Å². The molecular formula is C13H12O3S. The van der Waals surface area contributed by atoms with E-state index in [1.165, 1.54) is 11.3 Å². The number of carbonyl (C=O) groups is 1. The normalized spacial score (nSPS) is 9.94. The number of rotatable bonds is 5. The van der Waals surface area contributed by atoms with Crippen LogP contribution in [0.1, 0.15) is 15.2 Å². The van der Waals surface area contributed by atoms with Crippen molar-refractivity contribution in [2.75, 3.05) is 7.11 Å². The minimum atomic E-state index is 0.489. The summed E-state index contributed by atoms with van der Waals surface area (Å²) >= 11 is 1.34. The first-order chi connectivity index (χ1) is 8.31. The summed E-state index contributed by atoms with van der Waals surface area (Å²) in [5.41, 5.74) is 1.06. The first-order valence-corrected chi connectivity index (χ1v) is 5.94. The average Bonchev–Trinajstić information content (AvgIpc) is 2.85.